The standard InChI is InChI=1S/C17H29N3O2/c1-2-19-9-5-8-15(19)11-18-17(22)13-10-16(21)20(12-13)14-6-3-4-7-14/h13-15H,2-12H2,1H3,(H,18,22)/t13-,15+/m0/s1. The summed E-state index contributed by atoms with van der Waals surface area (Å²) in [7, 11) is 0. The average molecular weight is 307 g/mol. The molecule has 0 bridgehead atoms. The lowest BCUT2D eigenvalue weighted by Gasteiger charge is -2.25. The van der Waals surface area contributed by atoms with Crippen molar-refractivity contribution in [2.24, 2.45) is 5.92 Å². The van der Waals surface area contributed by atoms with Gasteiger partial charge in [-0.15, -0.1) is 0 Å². The molecule has 0 aromatic rings. The van der Waals surface area contributed by atoms with Crippen LogP contribution in [-0.2, 0) is 9.59 Å². The number of likely N-dealkylation sites (N-methyl/N-ethyl adjacent to an activating group) is 1. The fraction of sp³-hybridized carbons (Fsp3) is 0.882. The lowest BCUT2D eigenvalue weighted by molar-refractivity contribution is -0.130. The van der Waals surface area contributed by atoms with Crippen LogP contribution in [0.1, 0.15) is 51.9 Å². The Labute approximate surface area is 133 Å². The predicted molar refractivity (Wildman–Crippen MR) is 85.4 cm³/mol. The molecule has 124 valence electrons. The van der Waals surface area contributed by atoms with E-state index in [9.17, 15) is 9.59 Å². The maximum Gasteiger partial charge on any atom is 0.225 e. The Balaban J connectivity index is 1.47. The Morgan fingerprint density at radius 1 is 1.23 bits per heavy atom. The van der Waals surface area contributed by atoms with E-state index in [1.807, 2.05) is 4.90 Å². The number of nitrogens with zero attached hydrogens (tertiary/aromatic N) is 2. The summed E-state index contributed by atoms with van der Waals surface area (Å²) in [5.74, 6) is 0.129. The molecule has 0 aromatic heterocycles. The Morgan fingerprint density at radius 2 is 2.00 bits per heavy atom. The molecule has 3 rings (SSSR count). The molecule has 0 unspecified atom stereocenters. The number of hydrogen-bond acceptors (Lipinski definition) is 3. The summed E-state index contributed by atoms with van der Waals surface area (Å²) in [6.07, 6.45) is 7.49. The van der Waals surface area contributed by atoms with Gasteiger partial charge >= 0.3 is 0 Å². The van der Waals surface area contributed by atoms with Gasteiger partial charge < -0.3 is 10.2 Å². The number of rotatable bonds is 5. The molecule has 1 aliphatic carbocycles. The highest BCUT2D eigenvalue weighted by molar-refractivity contribution is 5.89. The molecule has 0 aromatic carbocycles. The van der Waals surface area contributed by atoms with E-state index in [2.05, 4.69) is 17.1 Å². The number of carbonyl (C=O) groups is 2. The molecule has 2 saturated heterocycles. The molecule has 3 aliphatic rings. The molecule has 1 saturated carbocycles. The van der Waals surface area contributed by atoms with Crippen LogP contribution in [0.25, 0.3) is 0 Å². The van der Waals surface area contributed by atoms with Crippen molar-refractivity contribution in [2.45, 2.75) is 64.0 Å². The Morgan fingerprint density at radius 3 is 2.73 bits per heavy atom. The van der Waals surface area contributed by atoms with Crippen LogP contribution in [0, 0.1) is 5.92 Å². The summed E-state index contributed by atoms with van der Waals surface area (Å²) in [6, 6.07) is 0.882. The van der Waals surface area contributed by atoms with Gasteiger partial charge in [0.05, 0.1) is 5.92 Å². The second-order valence-corrected chi connectivity index (χ2v) is 7.06. The predicted octanol–water partition coefficient (Wildman–Crippen LogP) is 1.38. The van der Waals surface area contributed by atoms with E-state index in [4.69, 9.17) is 0 Å². The highest BCUT2D eigenvalue weighted by atomic mass is 16.2. The van der Waals surface area contributed by atoms with Crippen LogP contribution in [-0.4, -0.2) is 59.9 Å². The largest absolute Gasteiger partial charge is 0.354 e. The first-order chi connectivity index (χ1) is 10.7. The van der Waals surface area contributed by atoms with Crippen molar-refractivity contribution in [1.82, 2.24) is 15.1 Å². The zero-order valence-corrected chi connectivity index (χ0v) is 13.7. The van der Waals surface area contributed by atoms with E-state index in [0.29, 0.717) is 25.0 Å². The molecule has 0 radical (unpaired) electrons. The first-order valence-corrected chi connectivity index (χ1v) is 9.00. The zero-order chi connectivity index (χ0) is 15.5. The van der Waals surface area contributed by atoms with Crippen LogP contribution in [0.15, 0.2) is 0 Å². The maximum atomic E-state index is 12.4. The van der Waals surface area contributed by atoms with E-state index < -0.39 is 0 Å². The minimum absolute atomic E-state index is 0.0804. The minimum Gasteiger partial charge on any atom is -0.354 e. The van der Waals surface area contributed by atoms with Crippen molar-refractivity contribution in [3.8, 4) is 0 Å². The second kappa shape index (κ2) is 6.99. The first-order valence-electron chi connectivity index (χ1n) is 9.00. The Kier molecular flexibility index (Phi) is 5.01. The van der Waals surface area contributed by atoms with Crippen LogP contribution in [0.3, 0.4) is 0 Å². The fourth-order valence-electron chi connectivity index (χ4n) is 4.38. The number of amides is 2. The van der Waals surface area contributed by atoms with Gasteiger partial charge in [-0.3, -0.25) is 14.5 Å². The molecule has 2 heterocycles. The summed E-state index contributed by atoms with van der Waals surface area (Å²) < 4.78 is 0. The number of likely N-dealkylation sites (tertiary alicyclic amines) is 2. The third-order valence-corrected chi connectivity index (χ3v) is 5.71. The Hall–Kier alpha value is -1.10. The number of nitrogens with one attached hydrogen (secondary N) is 1. The fourth-order valence-corrected chi connectivity index (χ4v) is 4.38. The molecule has 3 fully saturated rings. The van der Waals surface area contributed by atoms with E-state index in [0.717, 1.165) is 32.5 Å². The van der Waals surface area contributed by atoms with Crippen molar-refractivity contribution in [2.75, 3.05) is 26.2 Å². The molecule has 1 N–H and O–H groups in total. The highest BCUT2D eigenvalue weighted by Crippen LogP contribution is 2.29. The summed E-state index contributed by atoms with van der Waals surface area (Å²) in [6.45, 7) is 5.75. The van der Waals surface area contributed by atoms with E-state index in [-0.39, 0.29) is 17.7 Å². The van der Waals surface area contributed by atoms with E-state index >= 15 is 0 Å². The third kappa shape index (κ3) is 3.29. The third-order valence-electron chi connectivity index (χ3n) is 5.71. The van der Waals surface area contributed by atoms with Crippen molar-refractivity contribution < 1.29 is 9.59 Å². The van der Waals surface area contributed by atoms with E-state index in [1.54, 1.807) is 0 Å². The molecule has 2 atom stereocenters. The van der Waals surface area contributed by atoms with Gasteiger partial charge in [0.15, 0.2) is 0 Å². The molecular weight excluding hydrogens is 278 g/mol. The van der Waals surface area contributed by atoms with Crippen molar-refractivity contribution in [3.05, 3.63) is 0 Å². The van der Waals surface area contributed by atoms with Gasteiger partial charge in [0.25, 0.3) is 0 Å². The average Bonchev–Trinajstić information content (AvgIpc) is 3.24. The van der Waals surface area contributed by atoms with Crippen LogP contribution in [0.5, 0.6) is 0 Å². The normalized spacial score (nSPS) is 30.4. The van der Waals surface area contributed by atoms with Crippen molar-refractivity contribution >= 4 is 11.8 Å². The maximum absolute atomic E-state index is 12.4. The highest BCUT2D eigenvalue weighted by Gasteiger charge is 2.38. The summed E-state index contributed by atoms with van der Waals surface area (Å²) in [5.41, 5.74) is 0. The monoisotopic (exact) mass is 307 g/mol. The molecule has 5 nitrogen and oxygen atoms in total. The van der Waals surface area contributed by atoms with Crippen LogP contribution in [0.2, 0.25) is 0 Å². The number of carbonyl (C=O) groups excluding carboxylic acids is 2. The van der Waals surface area contributed by atoms with Gasteiger partial charge in [-0.25, -0.2) is 0 Å². The van der Waals surface area contributed by atoms with Crippen molar-refractivity contribution in [1.29, 1.82) is 0 Å². The number of hydrogen-bond donors (Lipinski definition) is 1. The van der Waals surface area contributed by atoms with Gasteiger partial charge in [-0.05, 0) is 38.8 Å². The van der Waals surface area contributed by atoms with Gasteiger partial charge in [0.1, 0.15) is 0 Å². The smallest absolute Gasteiger partial charge is 0.225 e. The molecular formula is C17H29N3O2. The quantitative estimate of drug-likeness (QED) is 0.835. The zero-order valence-electron chi connectivity index (χ0n) is 13.7. The van der Waals surface area contributed by atoms with Gasteiger partial charge in [0.2, 0.25) is 11.8 Å². The van der Waals surface area contributed by atoms with E-state index in [1.165, 1.54) is 25.7 Å². The molecule has 2 amide bonds. The SMILES string of the molecule is CCN1CCC[C@@H]1CNC(=O)[C@H]1CC(=O)N(C2CCCC2)C1. The molecule has 5 heteroatoms. The topological polar surface area (TPSA) is 52.7 Å². The summed E-state index contributed by atoms with van der Waals surface area (Å²) in [4.78, 5) is 29.0. The molecule has 0 spiro atoms. The van der Waals surface area contributed by atoms with Gasteiger partial charge in [-0.2, -0.15) is 0 Å². The first kappa shape index (κ1) is 15.8. The second-order valence-electron chi connectivity index (χ2n) is 7.06. The summed E-state index contributed by atoms with van der Waals surface area (Å²) in [5, 5.41) is 3.10. The van der Waals surface area contributed by atoms with Gasteiger partial charge in [-0.1, -0.05) is 19.8 Å². The Bertz CT molecular complexity index is 420. The van der Waals surface area contributed by atoms with Crippen molar-refractivity contribution in [3.63, 3.8) is 0 Å². The lowest BCUT2D eigenvalue weighted by Crippen LogP contribution is -2.42. The van der Waals surface area contributed by atoms with Crippen LogP contribution >= 0.6 is 0 Å². The van der Waals surface area contributed by atoms with Crippen LogP contribution < -0.4 is 5.32 Å². The summed E-state index contributed by atoms with van der Waals surface area (Å²) >= 11 is 0. The molecule has 22 heavy (non-hydrogen) atoms. The van der Waals surface area contributed by atoms with Gasteiger partial charge in [0, 0.05) is 31.6 Å². The minimum atomic E-state index is -0.135. The molecule has 2 aliphatic heterocycles. The lowest BCUT2D eigenvalue weighted by atomic mass is 10.1. The van der Waals surface area contributed by atoms with Crippen LogP contribution in [0.4, 0.5) is 0 Å².